The highest BCUT2D eigenvalue weighted by Crippen LogP contribution is 2.36. The molecule has 0 aromatic heterocycles. The topological polar surface area (TPSA) is 30.5 Å². The summed E-state index contributed by atoms with van der Waals surface area (Å²) in [4.78, 5) is 0. The van der Waals surface area contributed by atoms with Gasteiger partial charge < -0.3 is 14.8 Å². The van der Waals surface area contributed by atoms with Gasteiger partial charge in [0, 0.05) is 12.1 Å². The van der Waals surface area contributed by atoms with Crippen LogP contribution in [0.15, 0.2) is 18.2 Å². The molecule has 1 N–H and O–H groups in total. The third-order valence-electron chi connectivity index (χ3n) is 4.73. The SMILES string of the molecule is COc1ccc(C(C)NC2CCC(C)(C)CC2)cc1OC. The molecule has 0 amide bonds. The van der Waals surface area contributed by atoms with E-state index in [1.54, 1.807) is 14.2 Å². The zero-order valence-corrected chi connectivity index (χ0v) is 14.0. The fraction of sp³-hybridized carbons (Fsp3) is 0.667. The van der Waals surface area contributed by atoms with Gasteiger partial charge >= 0.3 is 0 Å². The Morgan fingerprint density at radius 2 is 1.71 bits per heavy atom. The zero-order chi connectivity index (χ0) is 15.5. The molecule has 1 saturated carbocycles. The average molecular weight is 291 g/mol. The summed E-state index contributed by atoms with van der Waals surface area (Å²) in [5.74, 6) is 1.58. The Hall–Kier alpha value is -1.22. The molecule has 1 aromatic rings. The van der Waals surface area contributed by atoms with Crippen LogP contribution in [-0.2, 0) is 0 Å². The van der Waals surface area contributed by atoms with E-state index in [-0.39, 0.29) is 0 Å². The largest absolute Gasteiger partial charge is 0.493 e. The minimum Gasteiger partial charge on any atom is -0.493 e. The third-order valence-corrected chi connectivity index (χ3v) is 4.73. The molecule has 0 heterocycles. The molecular weight excluding hydrogens is 262 g/mol. The van der Waals surface area contributed by atoms with Crippen molar-refractivity contribution in [1.29, 1.82) is 0 Å². The van der Waals surface area contributed by atoms with E-state index in [4.69, 9.17) is 9.47 Å². The predicted molar refractivity (Wildman–Crippen MR) is 87.1 cm³/mol. The Bertz CT molecular complexity index is 460. The summed E-state index contributed by atoms with van der Waals surface area (Å²) < 4.78 is 10.7. The van der Waals surface area contributed by atoms with E-state index in [1.807, 2.05) is 6.07 Å². The highest BCUT2D eigenvalue weighted by Gasteiger charge is 2.27. The molecule has 3 nitrogen and oxygen atoms in total. The van der Waals surface area contributed by atoms with E-state index in [9.17, 15) is 0 Å². The van der Waals surface area contributed by atoms with Gasteiger partial charge in [-0.3, -0.25) is 0 Å². The predicted octanol–water partition coefficient (Wildman–Crippen LogP) is 4.32. The maximum atomic E-state index is 5.39. The number of hydrogen-bond donors (Lipinski definition) is 1. The Labute approximate surface area is 129 Å². The molecule has 3 heteroatoms. The van der Waals surface area contributed by atoms with Gasteiger partial charge in [-0.25, -0.2) is 0 Å². The minimum absolute atomic E-state index is 0.330. The van der Waals surface area contributed by atoms with Gasteiger partial charge in [0.2, 0.25) is 0 Å². The molecule has 0 spiro atoms. The van der Waals surface area contributed by atoms with Crippen molar-refractivity contribution < 1.29 is 9.47 Å². The van der Waals surface area contributed by atoms with Gasteiger partial charge in [0.25, 0.3) is 0 Å². The number of methoxy groups -OCH3 is 2. The van der Waals surface area contributed by atoms with Crippen molar-refractivity contribution in [2.45, 2.75) is 58.5 Å². The van der Waals surface area contributed by atoms with Crippen LogP contribution >= 0.6 is 0 Å². The van der Waals surface area contributed by atoms with Crippen LogP contribution < -0.4 is 14.8 Å². The van der Waals surface area contributed by atoms with E-state index >= 15 is 0 Å². The van der Waals surface area contributed by atoms with E-state index in [1.165, 1.54) is 31.2 Å². The monoisotopic (exact) mass is 291 g/mol. The van der Waals surface area contributed by atoms with Crippen molar-refractivity contribution in [3.63, 3.8) is 0 Å². The summed E-state index contributed by atoms with van der Waals surface area (Å²) in [7, 11) is 3.35. The Balaban J connectivity index is 1.99. The molecule has 2 rings (SSSR count). The molecule has 0 bridgehead atoms. The van der Waals surface area contributed by atoms with Crippen molar-refractivity contribution in [2.24, 2.45) is 5.41 Å². The summed E-state index contributed by atoms with van der Waals surface area (Å²) in [6.07, 6.45) is 5.15. The molecule has 21 heavy (non-hydrogen) atoms. The Morgan fingerprint density at radius 3 is 2.29 bits per heavy atom. The molecule has 0 aliphatic heterocycles. The first-order valence-corrected chi connectivity index (χ1v) is 7.93. The summed E-state index contributed by atoms with van der Waals surface area (Å²) in [6.45, 7) is 6.98. The first kappa shape index (κ1) is 16.2. The van der Waals surface area contributed by atoms with Crippen LogP contribution in [0.25, 0.3) is 0 Å². The summed E-state index contributed by atoms with van der Waals surface area (Å²) >= 11 is 0. The summed E-state index contributed by atoms with van der Waals surface area (Å²) in [5, 5.41) is 3.77. The van der Waals surface area contributed by atoms with Gasteiger partial charge in [-0.1, -0.05) is 19.9 Å². The van der Waals surface area contributed by atoms with E-state index in [0.29, 0.717) is 17.5 Å². The molecule has 1 fully saturated rings. The number of benzene rings is 1. The van der Waals surface area contributed by atoms with E-state index in [2.05, 4.69) is 38.2 Å². The van der Waals surface area contributed by atoms with Crippen LogP contribution in [0.4, 0.5) is 0 Å². The normalized spacial score (nSPS) is 20.0. The molecule has 118 valence electrons. The molecule has 0 saturated heterocycles. The van der Waals surface area contributed by atoms with Gasteiger partial charge in [-0.15, -0.1) is 0 Å². The highest BCUT2D eigenvalue weighted by molar-refractivity contribution is 5.43. The van der Waals surface area contributed by atoms with Crippen LogP contribution in [0.3, 0.4) is 0 Å². The molecule has 1 atom stereocenters. The van der Waals surface area contributed by atoms with E-state index < -0.39 is 0 Å². The van der Waals surface area contributed by atoms with E-state index in [0.717, 1.165) is 11.5 Å². The number of hydrogen-bond acceptors (Lipinski definition) is 3. The number of nitrogens with one attached hydrogen (secondary N) is 1. The van der Waals surface area contributed by atoms with Gasteiger partial charge in [-0.05, 0) is 55.7 Å². The standard InChI is InChI=1S/C18H29NO2/c1-13(19-15-8-10-18(2,3)11-9-15)14-6-7-16(20-4)17(12-14)21-5/h6-7,12-13,15,19H,8-11H2,1-5H3. The summed E-state index contributed by atoms with van der Waals surface area (Å²) in [6, 6.07) is 7.13. The number of rotatable bonds is 5. The Morgan fingerprint density at radius 1 is 1.10 bits per heavy atom. The Kier molecular flexibility index (Phi) is 5.15. The molecule has 1 aliphatic rings. The summed E-state index contributed by atoms with van der Waals surface area (Å²) in [5.41, 5.74) is 1.77. The highest BCUT2D eigenvalue weighted by atomic mass is 16.5. The first-order chi connectivity index (χ1) is 9.95. The minimum atomic E-state index is 0.330. The van der Waals surface area contributed by atoms with Crippen LogP contribution in [0, 0.1) is 5.41 Å². The second-order valence-corrected chi connectivity index (χ2v) is 6.94. The van der Waals surface area contributed by atoms with Gasteiger partial charge in [0.1, 0.15) is 0 Å². The number of ether oxygens (including phenoxy) is 2. The van der Waals surface area contributed by atoms with Crippen molar-refractivity contribution in [2.75, 3.05) is 14.2 Å². The average Bonchev–Trinajstić information content (AvgIpc) is 2.48. The second kappa shape index (κ2) is 6.69. The van der Waals surface area contributed by atoms with Crippen LogP contribution in [0.1, 0.15) is 58.1 Å². The van der Waals surface area contributed by atoms with Crippen molar-refractivity contribution in [1.82, 2.24) is 5.32 Å². The fourth-order valence-corrected chi connectivity index (χ4v) is 3.14. The van der Waals surface area contributed by atoms with Crippen molar-refractivity contribution in [3.05, 3.63) is 23.8 Å². The molecule has 1 aliphatic carbocycles. The lowest BCUT2D eigenvalue weighted by Crippen LogP contribution is -2.37. The quantitative estimate of drug-likeness (QED) is 0.876. The van der Waals surface area contributed by atoms with Gasteiger partial charge in [0.15, 0.2) is 11.5 Å². The second-order valence-electron chi connectivity index (χ2n) is 6.94. The van der Waals surface area contributed by atoms with Gasteiger partial charge in [0.05, 0.1) is 14.2 Å². The molecular formula is C18H29NO2. The molecule has 1 aromatic carbocycles. The van der Waals surface area contributed by atoms with Gasteiger partial charge in [-0.2, -0.15) is 0 Å². The third kappa shape index (κ3) is 4.13. The van der Waals surface area contributed by atoms with Crippen LogP contribution in [-0.4, -0.2) is 20.3 Å². The lowest BCUT2D eigenvalue weighted by Gasteiger charge is -2.36. The molecule has 0 radical (unpaired) electrons. The van der Waals surface area contributed by atoms with Crippen LogP contribution in [0.2, 0.25) is 0 Å². The maximum Gasteiger partial charge on any atom is 0.161 e. The fourth-order valence-electron chi connectivity index (χ4n) is 3.14. The van der Waals surface area contributed by atoms with Crippen molar-refractivity contribution >= 4 is 0 Å². The smallest absolute Gasteiger partial charge is 0.161 e. The lowest BCUT2D eigenvalue weighted by atomic mass is 9.75. The lowest BCUT2D eigenvalue weighted by molar-refractivity contribution is 0.200. The first-order valence-electron chi connectivity index (χ1n) is 7.93. The maximum absolute atomic E-state index is 5.39. The van der Waals surface area contributed by atoms with Crippen molar-refractivity contribution in [3.8, 4) is 11.5 Å². The zero-order valence-electron chi connectivity index (χ0n) is 14.0. The van der Waals surface area contributed by atoms with Crippen LogP contribution in [0.5, 0.6) is 11.5 Å². The molecule has 1 unspecified atom stereocenters.